The fourth-order valence-electron chi connectivity index (χ4n) is 2.60. The minimum absolute atomic E-state index is 0.0000543. The number of rotatable bonds is 3. The molecular weight excluding hydrogens is 332 g/mol. The van der Waals surface area contributed by atoms with Crippen LogP contribution in [0.2, 0.25) is 0 Å². The van der Waals surface area contributed by atoms with E-state index in [1.54, 1.807) is 13.8 Å². The summed E-state index contributed by atoms with van der Waals surface area (Å²) in [5.41, 5.74) is 0.0176. The Morgan fingerprint density at radius 2 is 2.00 bits per heavy atom. The van der Waals surface area contributed by atoms with Crippen LogP contribution in [-0.4, -0.2) is 27.2 Å². The number of nitrogens with one attached hydrogen (secondary N) is 1. The van der Waals surface area contributed by atoms with Gasteiger partial charge in [0.05, 0.1) is 18.5 Å². The topological polar surface area (TPSA) is 76.5 Å². The van der Waals surface area contributed by atoms with Crippen LogP contribution in [0, 0.1) is 25.5 Å². The fourth-order valence-corrected chi connectivity index (χ4v) is 2.60. The zero-order chi connectivity index (χ0) is 18.3. The maximum Gasteiger partial charge on any atom is 0.359 e. The molecule has 8 heteroatoms. The summed E-state index contributed by atoms with van der Waals surface area (Å²) in [6, 6.07) is 2.78. The molecule has 0 unspecified atom stereocenters. The first-order valence-electron chi connectivity index (χ1n) is 7.59. The molecule has 0 saturated heterocycles. The molecule has 0 spiro atoms. The van der Waals surface area contributed by atoms with E-state index in [2.05, 4.69) is 10.1 Å². The van der Waals surface area contributed by atoms with Crippen molar-refractivity contribution in [3.05, 3.63) is 57.1 Å². The minimum Gasteiger partial charge on any atom is -0.461 e. The Bertz CT molecular complexity index is 1050. The molecule has 3 aromatic rings. The summed E-state index contributed by atoms with van der Waals surface area (Å²) in [5, 5.41) is 4.05. The second-order valence-corrected chi connectivity index (χ2v) is 5.54. The van der Waals surface area contributed by atoms with E-state index >= 15 is 0 Å². The number of carbonyl (C=O) groups excluding carboxylic acids is 1. The standard InChI is InChI=1S/C17H15F2N3O3/c1-4-25-17(24)14-9(3)15-16(23)20-11(7-22(15)21-14)10-6-5-8(2)12(18)13(10)19/h5-7H,4H2,1-3H3,(H,20,23). The summed E-state index contributed by atoms with van der Waals surface area (Å²) in [4.78, 5) is 26.8. The largest absolute Gasteiger partial charge is 0.461 e. The van der Waals surface area contributed by atoms with Gasteiger partial charge in [0.15, 0.2) is 17.3 Å². The molecule has 25 heavy (non-hydrogen) atoms. The molecule has 0 aliphatic carbocycles. The lowest BCUT2D eigenvalue weighted by Gasteiger charge is -2.06. The van der Waals surface area contributed by atoms with Gasteiger partial charge in [0.1, 0.15) is 5.52 Å². The summed E-state index contributed by atoms with van der Waals surface area (Å²) >= 11 is 0. The monoisotopic (exact) mass is 347 g/mol. The Hall–Kier alpha value is -3.03. The third-order valence-electron chi connectivity index (χ3n) is 3.90. The Balaban J connectivity index is 2.23. The van der Waals surface area contributed by atoms with Gasteiger partial charge in [-0.15, -0.1) is 0 Å². The van der Waals surface area contributed by atoms with Crippen molar-refractivity contribution in [3.8, 4) is 11.3 Å². The Labute approximate surface area is 141 Å². The number of benzene rings is 1. The van der Waals surface area contributed by atoms with E-state index in [0.717, 1.165) is 0 Å². The van der Waals surface area contributed by atoms with E-state index in [9.17, 15) is 18.4 Å². The molecule has 0 aliphatic heterocycles. The number of nitrogens with zero attached hydrogens (tertiary/aromatic N) is 2. The predicted octanol–water partition coefficient (Wildman–Crippen LogP) is 2.76. The van der Waals surface area contributed by atoms with E-state index in [4.69, 9.17) is 4.74 Å². The van der Waals surface area contributed by atoms with Crippen LogP contribution in [0.25, 0.3) is 16.8 Å². The Morgan fingerprint density at radius 3 is 2.68 bits per heavy atom. The summed E-state index contributed by atoms with van der Waals surface area (Å²) in [6.45, 7) is 4.83. The summed E-state index contributed by atoms with van der Waals surface area (Å²) in [6.07, 6.45) is 1.33. The third kappa shape index (κ3) is 2.69. The van der Waals surface area contributed by atoms with Gasteiger partial charge < -0.3 is 9.72 Å². The molecule has 0 amide bonds. The number of H-pyrrole nitrogens is 1. The Kier molecular flexibility index (Phi) is 4.12. The van der Waals surface area contributed by atoms with Crippen LogP contribution >= 0.6 is 0 Å². The lowest BCUT2D eigenvalue weighted by molar-refractivity contribution is 0.0518. The Morgan fingerprint density at radius 1 is 1.28 bits per heavy atom. The van der Waals surface area contributed by atoms with Crippen molar-refractivity contribution >= 4 is 11.5 Å². The van der Waals surface area contributed by atoms with Crippen LogP contribution in [0.4, 0.5) is 8.78 Å². The van der Waals surface area contributed by atoms with Crippen LogP contribution in [0.1, 0.15) is 28.5 Å². The molecule has 130 valence electrons. The van der Waals surface area contributed by atoms with Gasteiger partial charge in [-0.25, -0.2) is 18.1 Å². The number of carbonyl (C=O) groups is 1. The van der Waals surface area contributed by atoms with Gasteiger partial charge >= 0.3 is 5.97 Å². The van der Waals surface area contributed by atoms with Gasteiger partial charge in [0.2, 0.25) is 0 Å². The zero-order valence-electron chi connectivity index (χ0n) is 13.8. The summed E-state index contributed by atoms with van der Waals surface area (Å²) in [7, 11) is 0. The fraction of sp³-hybridized carbons (Fsp3) is 0.235. The molecule has 6 nitrogen and oxygen atoms in total. The number of halogens is 2. The van der Waals surface area contributed by atoms with Crippen molar-refractivity contribution in [1.29, 1.82) is 0 Å². The number of aromatic amines is 1. The zero-order valence-corrected chi connectivity index (χ0v) is 13.8. The molecule has 1 N–H and O–H groups in total. The van der Waals surface area contributed by atoms with Crippen molar-refractivity contribution in [2.75, 3.05) is 6.61 Å². The van der Waals surface area contributed by atoms with E-state index < -0.39 is 23.2 Å². The van der Waals surface area contributed by atoms with E-state index in [1.165, 1.54) is 29.8 Å². The smallest absolute Gasteiger partial charge is 0.359 e. The number of ether oxygens (including phenoxy) is 1. The minimum atomic E-state index is -1.07. The second kappa shape index (κ2) is 6.12. The number of hydrogen-bond acceptors (Lipinski definition) is 4. The summed E-state index contributed by atoms with van der Waals surface area (Å²) in [5.74, 6) is -2.70. The molecule has 0 aliphatic rings. The lowest BCUT2D eigenvalue weighted by atomic mass is 10.1. The highest BCUT2D eigenvalue weighted by molar-refractivity contribution is 5.91. The molecule has 3 rings (SSSR count). The quantitative estimate of drug-likeness (QED) is 0.739. The average molecular weight is 347 g/mol. The lowest BCUT2D eigenvalue weighted by Crippen LogP contribution is -2.12. The van der Waals surface area contributed by atoms with Crippen molar-refractivity contribution in [2.24, 2.45) is 0 Å². The molecule has 0 bridgehead atoms. The SMILES string of the molecule is CCOC(=O)c1nn2cc(-c3ccc(C)c(F)c3F)[nH]c(=O)c2c1C. The van der Waals surface area contributed by atoms with Gasteiger partial charge in [0, 0.05) is 11.1 Å². The highest BCUT2D eigenvalue weighted by atomic mass is 19.2. The van der Waals surface area contributed by atoms with Crippen molar-refractivity contribution in [3.63, 3.8) is 0 Å². The van der Waals surface area contributed by atoms with Gasteiger partial charge in [-0.1, -0.05) is 6.07 Å². The van der Waals surface area contributed by atoms with E-state index in [0.29, 0.717) is 5.56 Å². The van der Waals surface area contributed by atoms with Crippen LogP contribution in [0.5, 0.6) is 0 Å². The number of aryl methyl sites for hydroxylation is 2. The third-order valence-corrected chi connectivity index (χ3v) is 3.90. The number of hydrogen-bond donors (Lipinski definition) is 1. The first kappa shape index (κ1) is 16.8. The number of aromatic nitrogens is 3. The van der Waals surface area contributed by atoms with Gasteiger partial charge in [-0.3, -0.25) is 4.79 Å². The molecule has 0 fully saturated rings. The predicted molar refractivity (Wildman–Crippen MR) is 86.6 cm³/mol. The van der Waals surface area contributed by atoms with Gasteiger partial charge in [-0.05, 0) is 32.4 Å². The summed E-state index contributed by atoms with van der Waals surface area (Å²) < 4.78 is 34.1. The molecule has 0 radical (unpaired) electrons. The molecule has 0 atom stereocenters. The number of fused-ring (bicyclic) bond motifs is 1. The average Bonchev–Trinajstić information content (AvgIpc) is 2.90. The van der Waals surface area contributed by atoms with Gasteiger partial charge in [0.25, 0.3) is 5.56 Å². The highest BCUT2D eigenvalue weighted by Gasteiger charge is 2.21. The van der Waals surface area contributed by atoms with Crippen molar-refractivity contribution < 1.29 is 18.3 Å². The van der Waals surface area contributed by atoms with Crippen LogP contribution in [0.3, 0.4) is 0 Å². The number of esters is 1. The maximum absolute atomic E-state index is 14.2. The molecular formula is C17H15F2N3O3. The van der Waals surface area contributed by atoms with Crippen LogP contribution in [0.15, 0.2) is 23.1 Å². The molecule has 1 aromatic carbocycles. The molecule has 2 aromatic heterocycles. The van der Waals surface area contributed by atoms with Crippen molar-refractivity contribution in [2.45, 2.75) is 20.8 Å². The van der Waals surface area contributed by atoms with Crippen molar-refractivity contribution in [1.82, 2.24) is 14.6 Å². The van der Waals surface area contributed by atoms with Crippen LogP contribution in [-0.2, 0) is 4.74 Å². The maximum atomic E-state index is 14.2. The van der Waals surface area contributed by atoms with Crippen LogP contribution < -0.4 is 5.56 Å². The van der Waals surface area contributed by atoms with E-state index in [-0.39, 0.29) is 34.6 Å². The molecule has 0 saturated carbocycles. The normalized spacial score (nSPS) is 11.1. The highest BCUT2D eigenvalue weighted by Crippen LogP contribution is 2.24. The van der Waals surface area contributed by atoms with E-state index in [1.807, 2.05) is 0 Å². The van der Waals surface area contributed by atoms with Gasteiger partial charge in [-0.2, -0.15) is 5.10 Å². The molecule has 2 heterocycles. The second-order valence-electron chi connectivity index (χ2n) is 5.54. The first-order valence-corrected chi connectivity index (χ1v) is 7.59. The first-order chi connectivity index (χ1) is 11.8.